The number of likely N-dealkylation sites (tertiary alicyclic amines) is 1. The number of esters is 1. The Morgan fingerprint density at radius 1 is 1.43 bits per heavy atom. The predicted octanol–water partition coefficient (Wildman–Crippen LogP) is 2.51. The SMILES string of the molecule is CC(C)(C)SCCOC(=O)[C@@H]1CC(=O)N(Cc2ccccn2)C1. The number of rotatable bonds is 6. The van der Waals surface area contributed by atoms with Crippen molar-refractivity contribution in [1.29, 1.82) is 0 Å². The summed E-state index contributed by atoms with van der Waals surface area (Å²) in [6, 6.07) is 5.61. The number of aromatic nitrogens is 1. The van der Waals surface area contributed by atoms with E-state index in [-0.39, 0.29) is 29.0 Å². The minimum Gasteiger partial charge on any atom is -0.465 e. The van der Waals surface area contributed by atoms with Crippen molar-refractivity contribution in [2.24, 2.45) is 5.92 Å². The summed E-state index contributed by atoms with van der Waals surface area (Å²) in [5, 5.41) is 0. The monoisotopic (exact) mass is 336 g/mol. The number of carbonyl (C=O) groups is 2. The Balaban J connectivity index is 1.76. The Morgan fingerprint density at radius 3 is 2.87 bits per heavy atom. The van der Waals surface area contributed by atoms with Crippen LogP contribution in [0.15, 0.2) is 24.4 Å². The molecule has 1 fully saturated rings. The molecular formula is C17H24N2O3S. The van der Waals surface area contributed by atoms with Gasteiger partial charge in [0.25, 0.3) is 0 Å². The summed E-state index contributed by atoms with van der Waals surface area (Å²) < 4.78 is 5.48. The molecule has 1 atom stereocenters. The smallest absolute Gasteiger partial charge is 0.311 e. The highest BCUT2D eigenvalue weighted by Gasteiger charge is 2.35. The average Bonchev–Trinajstić information content (AvgIpc) is 2.85. The van der Waals surface area contributed by atoms with Crippen LogP contribution in [0.5, 0.6) is 0 Å². The fourth-order valence-corrected chi connectivity index (χ4v) is 3.16. The molecule has 0 spiro atoms. The van der Waals surface area contributed by atoms with Crippen LogP contribution in [0.2, 0.25) is 0 Å². The van der Waals surface area contributed by atoms with Crippen molar-refractivity contribution in [2.75, 3.05) is 18.9 Å². The van der Waals surface area contributed by atoms with E-state index < -0.39 is 0 Å². The van der Waals surface area contributed by atoms with E-state index in [4.69, 9.17) is 4.74 Å². The van der Waals surface area contributed by atoms with Crippen LogP contribution in [0.3, 0.4) is 0 Å². The zero-order valence-electron chi connectivity index (χ0n) is 13.9. The van der Waals surface area contributed by atoms with Crippen LogP contribution in [0.4, 0.5) is 0 Å². The van der Waals surface area contributed by atoms with Crippen molar-refractivity contribution >= 4 is 23.6 Å². The Kier molecular flexibility index (Phi) is 6.04. The molecule has 126 valence electrons. The first-order valence-corrected chi connectivity index (χ1v) is 8.82. The van der Waals surface area contributed by atoms with E-state index in [0.717, 1.165) is 11.4 Å². The number of carbonyl (C=O) groups excluding carboxylic acids is 2. The molecule has 1 amide bonds. The molecule has 0 N–H and O–H groups in total. The number of thioether (sulfide) groups is 1. The summed E-state index contributed by atoms with van der Waals surface area (Å²) in [7, 11) is 0. The van der Waals surface area contributed by atoms with Crippen molar-refractivity contribution in [3.05, 3.63) is 30.1 Å². The molecule has 0 aromatic carbocycles. The predicted molar refractivity (Wildman–Crippen MR) is 90.9 cm³/mol. The summed E-state index contributed by atoms with van der Waals surface area (Å²) in [6.45, 7) is 7.65. The maximum Gasteiger partial charge on any atom is 0.311 e. The van der Waals surface area contributed by atoms with E-state index in [0.29, 0.717) is 19.7 Å². The lowest BCUT2D eigenvalue weighted by Crippen LogP contribution is -2.27. The number of ether oxygens (including phenoxy) is 1. The van der Waals surface area contributed by atoms with Crippen LogP contribution >= 0.6 is 11.8 Å². The molecule has 1 aliphatic heterocycles. The van der Waals surface area contributed by atoms with Crippen LogP contribution in [-0.4, -0.2) is 45.4 Å². The van der Waals surface area contributed by atoms with E-state index in [2.05, 4.69) is 25.8 Å². The lowest BCUT2D eigenvalue weighted by atomic mass is 10.1. The van der Waals surface area contributed by atoms with Crippen molar-refractivity contribution in [3.63, 3.8) is 0 Å². The van der Waals surface area contributed by atoms with Gasteiger partial charge in [0, 0.05) is 29.7 Å². The van der Waals surface area contributed by atoms with Crippen LogP contribution in [-0.2, 0) is 20.9 Å². The largest absolute Gasteiger partial charge is 0.465 e. The molecule has 0 saturated carbocycles. The third-order valence-corrected chi connectivity index (χ3v) is 4.73. The highest BCUT2D eigenvalue weighted by molar-refractivity contribution is 8.00. The minimum atomic E-state index is -0.356. The zero-order valence-corrected chi connectivity index (χ0v) is 14.8. The molecule has 1 saturated heterocycles. The van der Waals surface area contributed by atoms with Gasteiger partial charge in [0.1, 0.15) is 6.61 Å². The molecule has 1 aromatic heterocycles. The molecule has 0 bridgehead atoms. The van der Waals surface area contributed by atoms with E-state index >= 15 is 0 Å². The van der Waals surface area contributed by atoms with E-state index in [9.17, 15) is 9.59 Å². The maximum absolute atomic E-state index is 12.1. The van der Waals surface area contributed by atoms with Crippen molar-refractivity contribution in [2.45, 2.75) is 38.5 Å². The van der Waals surface area contributed by atoms with Crippen LogP contribution in [0, 0.1) is 5.92 Å². The second kappa shape index (κ2) is 7.81. The third kappa shape index (κ3) is 5.86. The first kappa shape index (κ1) is 17.8. The lowest BCUT2D eigenvalue weighted by molar-refractivity contribution is -0.147. The highest BCUT2D eigenvalue weighted by atomic mass is 32.2. The van der Waals surface area contributed by atoms with Gasteiger partial charge in [0.05, 0.1) is 18.2 Å². The Bertz CT molecular complexity index is 543. The topological polar surface area (TPSA) is 59.5 Å². The van der Waals surface area contributed by atoms with Gasteiger partial charge in [-0.15, -0.1) is 0 Å². The van der Waals surface area contributed by atoms with Gasteiger partial charge in [-0.05, 0) is 12.1 Å². The fraction of sp³-hybridized carbons (Fsp3) is 0.588. The first-order valence-electron chi connectivity index (χ1n) is 7.83. The number of pyridine rings is 1. The maximum atomic E-state index is 12.1. The summed E-state index contributed by atoms with van der Waals surface area (Å²) in [5.41, 5.74) is 0.830. The Labute approximate surface area is 141 Å². The van der Waals surface area contributed by atoms with Crippen LogP contribution in [0.1, 0.15) is 32.9 Å². The number of hydrogen-bond donors (Lipinski definition) is 0. The van der Waals surface area contributed by atoms with Crippen LogP contribution in [0.25, 0.3) is 0 Å². The summed E-state index contributed by atoms with van der Waals surface area (Å²) in [6.07, 6.45) is 1.94. The Morgan fingerprint density at radius 2 is 2.22 bits per heavy atom. The standard InChI is InChI=1S/C17H24N2O3S/c1-17(2,3)23-9-8-22-16(21)13-10-15(20)19(11-13)12-14-6-4-5-7-18-14/h4-7,13H,8-12H2,1-3H3/t13-/m1/s1. The minimum absolute atomic E-state index is 0.0123. The van der Waals surface area contributed by atoms with Gasteiger partial charge in [0.15, 0.2) is 0 Å². The van der Waals surface area contributed by atoms with Gasteiger partial charge < -0.3 is 9.64 Å². The van der Waals surface area contributed by atoms with Crippen molar-refractivity contribution in [1.82, 2.24) is 9.88 Å². The summed E-state index contributed by atoms with van der Waals surface area (Å²) in [5.74, 6) is 0.136. The molecule has 0 unspecified atom stereocenters. The highest BCUT2D eigenvalue weighted by Crippen LogP contribution is 2.24. The zero-order chi connectivity index (χ0) is 16.9. The number of amides is 1. The van der Waals surface area contributed by atoms with Crippen molar-refractivity contribution < 1.29 is 14.3 Å². The third-order valence-electron chi connectivity index (χ3n) is 3.49. The molecule has 2 heterocycles. The van der Waals surface area contributed by atoms with Gasteiger partial charge in [-0.2, -0.15) is 11.8 Å². The molecule has 5 nitrogen and oxygen atoms in total. The molecule has 0 aliphatic carbocycles. The Hall–Kier alpha value is -1.56. The average molecular weight is 336 g/mol. The molecule has 23 heavy (non-hydrogen) atoms. The molecular weight excluding hydrogens is 312 g/mol. The number of nitrogens with zero attached hydrogens (tertiary/aromatic N) is 2. The van der Waals surface area contributed by atoms with Crippen LogP contribution < -0.4 is 0 Å². The van der Waals surface area contributed by atoms with Gasteiger partial charge in [-0.1, -0.05) is 26.8 Å². The van der Waals surface area contributed by atoms with Gasteiger partial charge in [-0.3, -0.25) is 14.6 Å². The van der Waals surface area contributed by atoms with E-state index in [1.54, 1.807) is 22.9 Å². The second-order valence-electron chi connectivity index (χ2n) is 6.62. The normalized spacial score (nSPS) is 18.3. The lowest BCUT2D eigenvalue weighted by Gasteiger charge is -2.18. The molecule has 2 rings (SSSR count). The van der Waals surface area contributed by atoms with Gasteiger partial charge >= 0.3 is 5.97 Å². The number of hydrogen-bond acceptors (Lipinski definition) is 5. The van der Waals surface area contributed by atoms with E-state index in [1.165, 1.54) is 0 Å². The molecule has 0 radical (unpaired) electrons. The molecule has 1 aliphatic rings. The van der Waals surface area contributed by atoms with E-state index in [1.807, 2.05) is 18.2 Å². The van der Waals surface area contributed by atoms with Crippen molar-refractivity contribution in [3.8, 4) is 0 Å². The molecule has 6 heteroatoms. The second-order valence-corrected chi connectivity index (χ2v) is 8.55. The quantitative estimate of drug-likeness (QED) is 0.590. The molecule has 1 aromatic rings. The first-order chi connectivity index (χ1) is 10.8. The fourth-order valence-electron chi connectivity index (χ4n) is 2.38. The summed E-state index contributed by atoms with van der Waals surface area (Å²) >= 11 is 1.76. The van der Waals surface area contributed by atoms with Gasteiger partial charge in [0.2, 0.25) is 5.91 Å². The van der Waals surface area contributed by atoms with Gasteiger partial charge in [-0.25, -0.2) is 0 Å². The summed E-state index contributed by atoms with van der Waals surface area (Å²) in [4.78, 5) is 30.0.